The largest absolute Gasteiger partial charge is 0.384 e. The van der Waals surface area contributed by atoms with Gasteiger partial charge in [-0.25, -0.2) is 0 Å². The van der Waals surface area contributed by atoms with Gasteiger partial charge in [0.05, 0.1) is 0 Å². The summed E-state index contributed by atoms with van der Waals surface area (Å²) < 4.78 is 0. The molecule has 1 heterocycles. The number of amides is 1. The first kappa shape index (κ1) is 14.4. The third kappa shape index (κ3) is 3.22. The van der Waals surface area contributed by atoms with Gasteiger partial charge in [0.2, 0.25) is 5.91 Å². The van der Waals surface area contributed by atoms with Crippen molar-refractivity contribution in [2.75, 3.05) is 11.9 Å². The summed E-state index contributed by atoms with van der Waals surface area (Å²) in [6.07, 6.45) is 4.21. The summed E-state index contributed by atoms with van der Waals surface area (Å²) in [4.78, 5) is 12.4. The number of rotatable bonds is 3. The smallest absolute Gasteiger partial charge is 0.220 e. The van der Waals surface area contributed by atoms with Crippen molar-refractivity contribution in [1.29, 1.82) is 0 Å². The van der Waals surface area contributed by atoms with Crippen molar-refractivity contribution in [2.24, 2.45) is 11.8 Å². The second kappa shape index (κ2) is 6.08. The lowest BCUT2D eigenvalue weighted by atomic mass is 9.80. The van der Waals surface area contributed by atoms with E-state index < -0.39 is 0 Å². The third-order valence-corrected chi connectivity index (χ3v) is 5.15. The Morgan fingerprint density at radius 1 is 1.29 bits per heavy atom. The number of carbonyl (C=O) groups excluding carboxylic acids is 1. The van der Waals surface area contributed by atoms with E-state index in [-0.39, 0.29) is 5.91 Å². The highest BCUT2D eigenvalue weighted by Crippen LogP contribution is 2.33. The van der Waals surface area contributed by atoms with Crippen molar-refractivity contribution in [3.8, 4) is 0 Å². The molecule has 2 N–H and O–H groups in total. The van der Waals surface area contributed by atoms with Gasteiger partial charge in [0.1, 0.15) is 0 Å². The van der Waals surface area contributed by atoms with Crippen LogP contribution in [0.1, 0.15) is 51.0 Å². The van der Waals surface area contributed by atoms with Gasteiger partial charge in [-0.15, -0.1) is 0 Å². The maximum atomic E-state index is 12.4. The predicted molar refractivity (Wildman–Crippen MR) is 86.4 cm³/mol. The van der Waals surface area contributed by atoms with Crippen molar-refractivity contribution in [2.45, 2.75) is 51.5 Å². The van der Waals surface area contributed by atoms with Crippen molar-refractivity contribution >= 4 is 11.6 Å². The van der Waals surface area contributed by atoms with Gasteiger partial charge < -0.3 is 10.6 Å². The Kier molecular flexibility index (Phi) is 4.18. The second-order valence-corrected chi connectivity index (χ2v) is 6.94. The lowest BCUT2D eigenvalue weighted by molar-refractivity contribution is -0.122. The van der Waals surface area contributed by atoms with Crippen LogP contribution in [-0.4, -0.2) is 18.5 Å². The Morgan fingerprint density at radius 3 is 2.90 bits per heavy atom. The van der Waals surface area contributed by atoms with E-state index in [1.807, 2.05) is 6.07 Å². The zero-order chi connectivity index (χ0) is 14.8. The van der Waals surface area contributed by atoms with E-state index in [4.69, 9.17) is 0 Å². The summed E-state index contributed by atoms with van der Waals surface area (Å²) in [5.74, 6) is 1.94. The van der Waals surface area contributed by atoms with Crippen LogP contribution in [0.3, 0.4) is 0 Å². The molecular formula is C18H26N2O. The Labute approximate surface area is 127 Å². The molecule has 4 atom stereocenters. The molecule has 1 amide bonds. The van der Waals surface area contributed by atoms with E-state index in [1.165, 1.54) is 24.1 Å². The monoisotopic (exact) mass is 286 g/mol. The average Bonchev–Trinajstić information content (AvgIpc) is 2.85. The molecule has 3 heteroatoms. The molecule has 21 heavy (non-hydrogen) atoms. The summed E-state index contributed by atoms with van der Waals surface area (Å²) in [7, 11) is 0. The lowest BCUT2D eigenvalue weighted by Crippen LogP contribution is -2.42. The van der Waals surface area contributed by atoms with Crippen LogP contribution in [0, 0.1) is 11.8 Å². The molecule has 1 aromatic rings. The number of para-hydroxylation sites is 1. The molecule has 2 aliphatic rings. The van der Waals surface area contributed by atoms with E-state index >= 15 is 0 Å². The van der Waals surface area contributed by atoms with Gasteiger partial charge in [-0.05, 0) is 42.7 Å². The first-order valence-corrected chi connectivity index (χ1v) is 8.25. The molecule has 0 radical (unpaired) electrons. The van der Waals surface area contributed by atoms with Crippen LogP contribution in [0.25, 0.3) is 0 Å². The molecule has 0 spiro atoms. The summed E-state index contributed by atoms with van der Waals surface area (Å²) in [6.45, 7) is 5.47. The molecule has 1 saturated carbocycles. The van der Waals surface area contributed by atoms with Crippen molar-refractivity contribution < 1.29 is 4.79 Å². The van der Waals surface area contributed by atoms with Gasteiger partial charge in [-0.2, -0.15) is 0 Å². The Balaban J connectivity index is 1.56. The first-order chi connectivity index (χ1) is 10.1. The maximum absolute atomic E-state index is 12.4. The van der Waals surface area contributed by atoms with Crippen molar-refractivity contribution in [3.63, 3.8) is 0 Å². The molecule has 3 rings (SSSR count). The Morgan fingerprint density at radius 2 is 2.10 bits per heavy atom. The van der Waals surface area contributed by atoms with Crippen LogP contribution in [0.15, 0.2) is 24.3 Å². The molecule has 4 unspecified atom stereocenters. The van der Waals surface area contributed by atoms with Crippen LogP contribution in [0.5, 0.6) is 0 Å². The SMILES string of the molecule is CC1CCC(NC(=O)CC2CNc3ccccc32)C(C)C1. The number of nitrogens with one attached hydrogen (secondary N) is 2. The highest BCUT2D eigenvalue weighted by Gasteiger charge is 2.29. The molecule has 1 aromatic carbocycles. The quantitative estimate of drug-likeness (QED) is 0.892. The molecule has 0 saturated heterocycles. The molecule has 0 bridgehead atoms. The minimum absolute atomic E-state index is 0.213. The predicted octanol–water partition coefficient (Wildman–Crippen LogP) is 3.53. The number of hydrogen-bond acceptors (Lipinski definition) is 2. The van der Waals surface area contributed by atoms with Crippen molar-refractivity contribution in [1.82, 2.24) is 5.32 Å². The number of carbonyl (C=O) groups is 1. The number of anilines is 1. The Bertz CT molecular complexity index is 514. The van der Waals surface area contributed by atoms with Gasteiger partial charge in [0.15, 0.2) is 0 Å². The van der Waals surface area contributed by atoms with Gasteiger partial charge in [0, 0.05) is 30.6 Å². The van der Waals surface area contributed by atoms with Gasteiger partial charge in [-0.1, -0.05) is 32.0 Å². The standard InChI is InChI=1S/C18H26N2O/c1-12-7-8-16(13(2)9-12)20-18(21)10-14-11-19-17-6-4-3-5-15(14)17/h3-6,12-14,16,19H,7-11H2,1-2H3,(H,20,21). The summed E-state index contributed by atoms with van der Waals surface area (Å²) in [5, 5.41) is 6.67. The highest BCUT2D eigenvalue weighted by atomic mass is 16.1. The van der Waals surface area contributed by atoms with Gasteiger partial charge in [-0.3, -0.25) is 4.79 Å². The topological polar surface area (TPSA) is 41.1 Å². The van der Waals surface area contributed by atoms with Crippen molar-refractivity contribution in [3.05, 3.63) is 29.8 Å². The Hall–Kier alpha value is -1.51. The molecule has 3 nitrogen and oxygen atoms in total. The van der Waals surface area contributed by atoms with E-state index in [0.29, 0.717) is 24.3 Å². The summed E-state index contributed by atoms with van der Waals surface area (Å²) >= 11 is 0. The number of fused-ring (bicyclic) bond motifs is 1. The third-order valence-electron chi connectivity index (χ3n) is 5.15. The average molecular weight is 286 g/mol. The highest BCUT2D eigenvalue weighted by molar-refractivity contribution is 5.78. The van der Waals surface area contributed by atoms with Crippen LogP contribution in [-0.2, 0) is 4.79 Å². The van der Waals surface area contributed by atoms with E-state index in [0.717, 1.165) is 18.9 Å². The fraction of sp³-hybridized carbons (Fsp3) is 0.611. The van der Waals surface area contributed by atoms with Crippen LogP contribution >= 0.6 is 0 Å². The molecule has 1 fully saturated rings. The van der Waals surface area contributed by atoms with Crippen LogP contribution < -0.4 is 10.6 Å². The summed E-state index contributed by atoms with van der Waals surface area (Å²) in [5.41, 5.74) is 2.48. The van der Waals surface area contributed by atoms with E-state index in [9.17, 15) is 4.79 Å². The minimum Gasteiger partial charge on any atom is -0.384 e. The zero-order valence-corrected chi connectivity index (χ0v) is 13.1. The first-order valence-electron chi connectivity index (χ1n) is 8.25. The van der Waals surface area contributed by atoms with E-state index in [1.54, 1.807) is 0 Å². The molecule has 1 aliphatic heterocycles. The van der Waals surface area contributed by atoms with Gasteiger partial charge >= 0.3 is 0 Å². The molecule has 1 aliphatic carbocycles. The fourth-order valence-corrected chi connectivity index (χ4v) is 3.91. The summed E-state index contributed by atoms with van der Waals surface area (Å²) in [6, 6.07) is 8.70. The van der Waals surface area contributed by atoms with E-state index in [2.05, 4.69) is 42.7 Å². The normalized spacial score (nSPS) is 31.3. The second-order valence-electron chi connectivity index (χ2n) is 6.94. The minimum atomic E-state index is 0.213. The maximum Gasteiger partial charge on any atom is 0.220 e. The fourth-order valence-electron chi connectivity index (χ4n) is 3.91. The number of benzene rings is 1. The van der Waals surface area contributed by atoms with Crippen LogP contribution in [0.2, 0.25) is 0 Å². The van der Waals surface area contributed by atoms with Gasteiger partial charge in [0.25, 0.3) is 0 Å². The molecule has 114 valence electrons. The van der Waals surface area contributed by atoms with Crippen LogP contribution in [0.4, 0.5) is 5.69 Å². The molecular weight excluding hydrogens is 260 g/mol. The zero-order valence-electron chi connectivity index (χ0n) is 13.1. The lowest BCUT2D eigenvalue weighted by Gasteiger charge is -2.33. The number of hydrogen-bond donors (Lipinski definition) is 2. The molecule has 0 aromatic heterocycles.